The zero-order valence-corrected chi connectivity index (χ0v) is 13.5. The molecule has 1 aliphatic carbocycles. The van der Waals surface area contributed by atoms with Gasteiger partial charge in [-0.2, -0.15) is 0 Å². The Morgan fingerprint density at radius 2 is 1.91 bits per heavy atom. The van der Waals surface area contributed by atoms with Crippen LogP contribution >= 0.6 is 11.6 Å². The maximum atomic E-state index is 12.0. The summed E-state index contributed by atoms with van der Waals surface area (Å²) in [5.41, 5.74) is 1.20. The fourth-order valence-electron chi connectivity index (χ4n) is 1.98. The third-order valence-corrected chi connectivity index (χ3v) is 3.15. The third kappa shape index (κ3) is 4.46. The van der Waals surface area contributed by atoms with Gasteiger partial charge in [0.2, 0.25) is 0 Å². The summed E-state index contributed by atoms with van der Waals surface area (Å²) in [6, 6.07) is 7.12. The second kappa shape index (κ2) is 6.36. The molecule has 1 N–H and O–H groups in total. The van der Waals surface area contributed by atoms with Gasteiger partial charge in [-0.3, -0.25) is 10.1 Å². The first-order chi connectivity index (χ1) is 10.2. The molecular weight excluding hydrogens is 302 g/mol. The highest BCUT2D eigenvalue weighted by atomic mass is 35.5. The molecule has 0 aliphatic heterocycles. The first kappa shape index (κ1) is 16.3. The molecule has 1 aromatic rings. The van der Waals surface area contributed by atoms with Crippen molar-refractivity contribution < 1.29 is 14.3 Å². The highest BCUT2D eigenvalue weighted by Crippen LogP contribution is 2.23. The van der Waals surface area contributed by atoms with E-state index in [-0.39, 0.29) is 12.2 Å². The molecule has 0 atom stereocenters. The van der Waals surface area contributed by atoms with Crippen molar-refractivity contribution in [2.24, 2.45) is 0 Å². The van der Waals surface area contributed by atoms with Crippen molar-refractivity contribution in [3.63, 3.8) is 0 Å². The summed E-state index contributed by atoms with van der Waals surface area (Å²) in [6.07, 6.45) is 3.11. The van der Waals surface area contributed by atoms with Crippen LogP contribution < -0.4 is 5.32 Å². The van der Waals surface area contributed by atoms with Crippen LogP contribution in [0.5, 0.6) is 0 Å². The van der Waals surface area contributed by atoms with Crippen LogP contribution in [0.25, 0.3) is 6.08 Å². The van der Waals surface area contributed by atoms with E-state index in [1.807, 2.05) is 12.1 Å². The van der Waals surface area contributed by atoms with Crippen LogP contribution in [-0.4, -0.2) is 17.5 Å². The molecule has 0 heterocycles. The average Bonchev–Trinajstić information content (AvgIpc) is 2.72. The minimum absolute atomic E-state index is 0.0407. The van der Waals surface area contributed by atoms with Gasteiger partial charge in [-0.25, -0.2) is 4.79 Å². The molecule has 0 aromatic heterocycles. The minimum atomic E-state index is -0.590. The van der Waals surface area contributed by atoms with E-state index in [9.17, 15) is 9.59 Å². The summed E-state index contributed by atoms with van der Waals surface area (Å²) in [7, 11) is 0. The van der Waals surface area contributed by atoms with E-state index in [0.717, 1.165) is 5.56 Å². The van der Waals surface area contributed by atoms with Crippen LogP contribution in [0.15, 0.2) is 41.6 Å². The minimum Gasteiger partial charge on any atom is -0.444 e. The third-order valence-electron chi connectivity index (χ3n) is 2.90. The number of alkyl carbamates (subject to hydrolysis) is 1. The van der Waals surface area contributed by atoms with Crippen LogP contribution in [0.1, 0.15) is 32.8 Å². The number of halogens is 1. The van der Waals surface area contributed by atoms with E-state index >= 15 is 0 Å². The van der Waals surface area contributed by atoms with Gasteiger partial charge in [0.25, 0.3) is 0 Å². The molecule has 4 nitrogen and oxygen atoms in total. The maximum Gasteiger partial charge on any atom is 0.412 e. The van der Waals surface area contributed by atoms with Gasteiger partial charge in [-0.1, -0.05) is 29.8 Å². The summed E-state index contributed by atoms with van der Waals surface area (Å²) in [5.74, 6) is -0.0407. The van der Waals surface area contributed by atoms with Crippen molar-refractivity contribution in [2.75, 3.05) is 0 Å². The molecule has 1 aliphatic rings. The highest BCUT2D eigenvalue weighted by Gasteiger charge is 2.24. The number of ketones is 1. The standard InChI is InChI=1S/C17H18ClNO3/c1-17(2,3)22-16(21)19-14-8-9-15(20)13(14)10-11-4-6-12(18)7-5-11/h4-8,10H,9H2,1-3H3,(H,19,21). The summed E-state index contributed by atoms with van der Waals surface area (Å²) in [4.78, 5) is 23.8. The Labute approximate surface area is 134 Å². The van der Waals surface area contributed by atoms with Crippen LogP contribution in [0.3, 0.4) is 0 Å². The smallest absolute Gasteiger partial charge is 0.412 e. The Morgan fingerprint density at radius 3 is 2.50 bits per heavy atom. The molecule has 116 valence electrons. The zero-order valence-electron chi connectivity index (χ0n) is 12.8. The SMILES string of the molecule is CC(C)(C)OC(=O)NC1=CCC(=O)C1=Cc1ccc(Cl)cc1. The van der Waals surface area contributed by atoms with Crippen LogP contribution in [-0.2, 0) is 9.53 Å². The van der Waals surface area contributed by atoms with E-state index in [4.69, 9.17) is 16.3 Å². The number of hydrogen-bond donors (Lipinski definition) is 1. The van der Waals surface area contributed by atoms with E-state index < -0.39 is 11.7 Å². The molecule has 2 rings (SSSR count). The quantitative estimate of drug-likeness (QED) is 0.835. The van der Waals surface area contributed by atoms with E-state index in [1.165, 1.54) is 0 Å². The van der Waals surface area contributed by atoms with Gasteiger partial charge in [-0.15, -0.1) is 0 Å². The first-order valence-electron chi connectivity index (χ1n) is 6.95. The molecule has 0 unspecified atom stereocenters. The topological polar surface area (TPSA) is 55.4 Å². The Hall–Kier alpha value is -2.07. The predicted molar refractivity (Wildman–Crippen MR) is 86.5 cm³/mol. The summed E-state index contributed by atoms with van der Waals surface area (Å²) in [5, 5.41) is 3.26. The average molecular weight is 320 g/mol. The number of amides is 1. The van der Waals surface area contributed by atoms with Gasteiger partial charge in [0.15, 0.2) is 5.78 Å². The molecule has 0 saturated carbocycles. The molecule has 0 bridgehead atoms. The fourth-order valence-corrected chi connectivity index (χ4v) is 2.11. The molecule has 0 radical (unpaired) electrons. The zero-order chi connectivity index (χ0) is 16.3. The number of ether oxygens (including phenoxy) is 1. The van der Waals surface area contributed by atoms with Gasteiger partial charge in [-0.05, 0) is 44.5 Å². The lowest BCUT2D eigenvalue weighted by molar-refractivity contribution is -0.114. The van der Waals surface area contributed by atoms with Crippen molar-refractivity contribution >= 4 is 29.6 Å². The summed E-state index contributed by atoms with van der Waals surface area (Å²) in [6.45, 7) is 5.35. The van der Waals surface area contributed by atoms with Crippen molar-refractivity contribution in [3.8, 4) is 0 Å². The van der Waals surface area contributed by atoms with Gasteiger partial charge in [0, 0.05) is 17.0 Å². The van der Waals surface area contributed by atoms with Gasteiger partial charge >= 0.3 is 6.09 Å². The van der Waals surface area contributed by atoms with Crippen LogP contribution in [0.2, 0.25) is 5.02 Å². The molecular formula is C17H18ClNO3. The van der Waals surface area contributed by atoms with Crippen molar-refractivity contribution in [2.45, 2.75) is 32.8 Å². The number of rotatable bonds is 2. The lowest BCUT2D eigenvalue weighted by atomic mass is 10.1. The van der Waals surface area contributed by atoms with Crippen molar-refractivity contribution in [3.05, 3.63) is 52.2 Å². The number of carbonyl (C=O) groups excluding carboxylic acids is 2. The molecule has 0 saturated heterocycles. The van der Waals surface area contributed by atoms with Crippen LogP contribution in [0.4, 0.5) is 4.79 Å². The lowest BCUT2D eigenvalue weighted by Gasteiger charge is -2.20. The molecule has 0 spiro atoms. The Balaban J connectivity index is 2.16. The van der Waals surface area contributed by atoms with Gasteiger partial charge in [0.1, 0.15) is 5.60 Å². The number of nitrogens with one attached hydrogen (secondary N) is 1. The summed E-state index contributed by atoms with van der Waals surface area (Å²) < 4.78 is 5.20. The number of carbonyl (C=O) groups is 2. The molecule has 1 aromatic carbocycles. The molecule has 5 heteroatoms. The second-order valence-electron chi connectivity index (χ2n) is 5.98. The van der Waals surface area contributed by atoms with Crippen LogP contribution in [0, 0.1) is 0 Å². The Kier molecular flexibility index (Phi) is 4.71. The summed E-state index contributed by atoms with van der Waals surface area (Å²) >= 11 is 5.84. The van der Waals surface area contributed by atoms with Gasteiger partial charge in [0.05, 0.1) is 5.70 Å². The lowest BCUT2D eigenvalue weighted by Crippen LogP contribution is -2.32. The number of allylic oxidation sites excluding steroid dienone is 2. The Morgan fingerprint density at radius 1 is 1.27 bits per heavy atom. The molecule has 1 amide bonds. The largest absolute Gasteiger partial charge is 0.444 e. The number of hydrogen-bond acceptors (Lipinski definition) is 3. The highest BCUT2D eigenvalue weighted by molar-refractivity contribution is 6.30. The van der Waals surface area contributed by atoms with Crippen molar-refractivity contribution in [1.82, 2.24) is 5.32 Å². The Bertz CT molecular complexity index is 651. The molecule has 22 heavy (non-hydrogen) atoms. The van der Waals surface area contributed by atoms with E-state index in [1.54, 1.807) is 45.1 Å². The van der Waals surface area contributed by atoms with E-state index in [2.05, 4.69) is 5.32 Å². The second-order valence-corrected chi connectivity index (χ2v) is 6.42. The van der Waals surface area contributed by atoms with E-state index in [0.29, 0.717) is 16.3 Å². The fraction of sp³-hybridized carbons (Fsp3) is 0.294. The maximum absolute atomic E-state index is 12.0. The van der Waals surface area contributed by atoms with Gasteiger partial charge < -0.3 is 4.74 Å². The number of benzene rings is 1. The predicted octanol–water partition coefficient (Wildman–Crippen LogP) is 4.10. The first-order valence-corrected chi connectivity index (χ1v) is 7.33. The normalized spacial score (nSPS) is 16.6. The molecule has 0 fully saturated rings. The number of Topliss-reactive ketones (excluding diaryl/α,β-unsaturated/α-hetero) is 1. The monoisotopic (exact) mass is 319 g/mol. The van der Waals surface area contributed by atoms with Crippen molar-refractivity contribution in [1.29, 1.82) is 0 Å².